The van der Waals surface area contributed by atoms with E-state index < -0.39 is 0 Å². The lowest BCUT2D eigenvalue weighted by Gasteiger charge is -2.23. The summed E-state index contributed by atoms with van der Waals surface area (Å²) >= 11 is 5.28. The Morgan fingerprint density at radius 1 is 1.07 bits per heavy atom. The molecule has 0 bridgehead atoms. The number of halogens is 1. The second kappa shape index (κ2) is 14.3. The first kappa shape index (κ1) is 30.3. The molecule has 5 rings (SSSR count). The second-order valence-electron chi connectivity index (χ2n) is 10.7. The van der Waals surface area contributed by atoms with Gasteiger partial charge in [0.1, 0.15) is 11.6 Å². The van der Waals surface area contributed by atoms with Crippen LogP contribution in [0.3, 0.4) is 0 Å². The van der Waals surface area contributed by atoms with Crippen molar-refractivity contribution in [3.8, 4) is 11.5 Å². The first-order chi connectivity index (χ1) is 20.5. The standard InChI is InChI=1S/C33H37BrN2O5S/c1-3-40-33(38)23-15-13-21(14-16-23)20-41-30-26(34)17-22(18-27(30)39-2)19-35-32-29(25-11-7-8-12-28(25)42-32)31(37)36-24-9-5-4-6-10-24/h13-19,24H,3-12,20H2,1-2H3,(H,36,37). The lowest BCUT2D eigenvalue weighted by Crippen LogP contribution is -2.36. The van der Waals surface area contributed by atoms with E-state index in [9.17, 15) is 9.59 Å². The molecule has 42 heavy (non-hydrogen) atoms. The molecule has 0 radical (unpaired) electrons. The molecule has 222 valence electrons. The molecule has 1 fully saturated rings. The van der Waals surface area contributed by atoms with E-state index in [-0.39, 0.29) is 17.9 Å². The third kappa shape index (κ3) is 7.24. The third-order valence-electron chi connectivity index (χ3n) is 7.75. The molecule has 0 saturated heterocycles. The van der Waals surface area contributed by atoms with Crippen LogP contribution in [0, 0.1) is 0 Å². The highest BCUT2D eigenvalue weighted by molar-refractivity contribution is 9.10. The molecule has 1 N–H and O–H groups in total. The van der Waals surface area contributed by atoms with E-state index >= 15 is 0 Å². The van der Waals surface area contributed by atoms with Crippen molar-refractivity contribution >= 4 is 50.4 Å². The summed E-state index contributed by atoms with van der Waals surface area (Å²) < 4.78 is 17.5. The summed E-state index contributed by atoms with van der Waals surface area (Å²) in [5.74, 6) is 0.815. The number of rotatable bonds is 10. The summed E-state index contributed by atoms with van der Waals surface area (Å²) in [5, 5.41) is 4.09. The van der Waals surface area contributed by atoms with Gasteiger partial charge in [-0.1, -0.05) is 31.4 Å². The van der Waals surface area contributed by atoms with Crippen LogP contribution in [0.2, 0.25) is 0 Å². The van der Waals surface area contributed by atoms with Crippen molar-refractivity contribution in [2.45, 2.75) is 77.4 Å². The van der Waals surface area contributed by atoms with Gasteiger partial charge in [-0.2, -0.15) is 0 Å². The highest BCUT2D eigenvalue weighted by Crippen LogP contribution is 2.41. The number of ether oxygens (including phenoxy) is 3. The predicted octanol–water partition coefficient (Wildman–Crippen LogP) is 7.97. The van der Waals surface area contributed by atoms with Gasteiger partial charge < -0.3 is 19.5 Å². The fraction of sp³-hybridized carbons (Fsp3) is 0.424. The number of thiophene rings is 1. The number of nitrogens with one attached hydrogen (secondary N) is 1. The maximum absolute atomic E-state index is 13.5. The zero-order valence-electron chi connectivity index (χ0n) is 24.2. The van der Waals surface area contributed by atoms with Gasteiger partial charge in [-0.3, -0.25) is 4.79 Å². The number of hydrogen-bond acceptors (Lipinski definition) is 7. The van der Waals surface area contributed by atoms with Crippen LogP contribution in [0.4, 0.5) is 5.00 Å². The average molecular weight is 654 g/mol. The van der Waals surface area contributed by atoms with Crippen LogP contribution in [0.25, 0.3) is 0 Å². The molecule has 2 aromatic carbocycles. The van der Waals surface area contributed by atoms with E-state index in [4.69, 9.17) is 19.2 Å². The number of carbonyl (C=O) groups excluding carboxylic acids is 2. The van der Waals surface area contributed by atoms with Gasteiger partial charge in [-0.15, -0.1) is 11.3 Å². The number of benzene rings is 2. The maximum Gasteiger partial charge on any atom is 0.338 e. The molecule has 1 heterocycles. The van der Waals surface area contributed by atoms with Gasteiger partial charge in [-0.25, -0.2) is 9.79 Å². The van der Waals surface area contributed by atoms with Crippen molar-refractivity contribution in [2.75, 3.05) is 13.7 Å². The minimum atomic E-state index is -0.341. The minimum Gasteiger partial charge on any atom is -0.493 e. The molecule has 1 amide bonds. The summed E-state index contributed by atoms with van der Waals surface area (Å²) in [6.45, 7) is 2.42. The van der Waals surface area contributed by atoms with E-state index in [1.165, 1.54) is 29.7 Å². The first-order valence-electron chi connectivity index (χ1n) is 14.7. The largest absolute Gasteiger partial charge is 0.493 e. The second-order valence-corrected chi connectivity index (χ2v) is 12.6. The summed E-state index contributed by atoms with van der Waals surface area (Å²) in [7, 11) is 1.60. The first-order valence-corrected chi connectivity index (χ1v) is 16.3. The van der Waals surface area contributed by atoms with E-state index in [2.05, 4.69) is 21.2 Å². The number of methoxy groups -OCH3 is 1. The molecule has 0 unspecified atom stereocenters. The fourth-order valence-corrected chi connectivity index (χ4v) is 7.38. The van der Waals surface area contributed by atoms with E-state index in [1.54, 1.807) is 43.7 Å². The molecule has 1 saturated carbocycles. The quantitative estimate of drug-likeness (QED) is 0.177. The Labute approximate surface area is 259 Å². The van der Waals surface area contributed by atoms with Crippen LogP contribution in [0.5, 0.6) is 11.5 Å². The van der Waals surface area contributed by atoms with Crippen molar-refractivity contribution in [1.29, 1.82) is 0 Å². The summed E-state index contributed by atoms with van der Waals surface area (Å²) in [4.78, 5) is 31.6. The number of nitrogens with zero attached hydrogens (tertiary/aromatic N) is 1. The Bertz CT molecular complexity index is 1440. The molecular formula is C33H37BrN2O5S. The molecule has 2 aliphatic rings. The molecule has 9 heteroatoms. The van der Waals surface area contributed by atoms with Gasteiger partial charge in [0.25, 0.3) is 5.91 Å². The molecule has 0 spiro atoms. The topological polar surface area (TPSA) is 86.2 Å². The van der Waals surface area contributed by atoms with E-state index in [0.29, 0.717) is 30.3 Å². The maximum atomic E-state index is 13.5. The molecule has 7 nitrogen and oxygen atoms in total. The smallest absolute Gasteiger partial charge is 0.338 e. The van der Waals surface area contributed by atoms with Crippen LogP contribution < -0.4 is 14.8 Å². The number of amides is 1. The number of esters is 1. The predicted molar refractivity (Wildman–Crippen MR) is 170 cm³/mol. The van der Waals surface area contributed by atoms with Gasteiger partial charge in [0.2, 0.25) is 0 Å². The highest BCUT2D eigenvalue weighted by Gasteiger charge is 2.27. The Balaban J connectivity index is 1.32. The van der Waals surface area contributed by atoms with Crippen molar-refractivity contribution < 1.29 is 23.8 Å². The zero-order valence-corrected chi connectivity index (χ0v) is 26.6. The lowest BCUT2D eigenvalue weighted by atomic mass is 9.93. The minimum absolute atomic E-state index is 0.0197. The lowest BCUT2D eigenvalue weighted by molar-refractivity contribution is 0.0526. The Morgan fingerprint density at radius 3 is 2.57 bits per heavy atom. The van der Waals surface area contributed by atoms with Crippen molar-refractivity contribution in [2.24, 2.45) is 4.99 Å². The third-order valence-corrected chi connectivity index (χ3v) is 9.54. The number of carbonyl (C=O) groups is 2. The van der Waals surface area contributed by atoms with E-state index in [1.807, 2.05) is 24.3 Å². The van der Waals surface area contributed by atoms with E-state index in [0.717, 1.165) is 64.7 Å². The SMILES string of the molecule is CCOC(=O)c1ccc(COc2c(Br)cc(C=Nc3sc4c(c3C(=O)NC3CCCCC3)CCCC4)cc2OC)cc1. The average Bonchev–Trinajstić information content (AvgIpc) is 3.38. The molecule has 1 aromatic heterocycles. The molecular weight excluding hydrogens is 616 g/mol. The fourth-order valence-electron chi connectivity index (χ4n) is 5.58. The monoisotopic (exact) mass is 652 g/mol. The van der Waals surface area contributed by atoms with Crippen LogP contribution >= 0.6 is 27.3 Å². The van der Waals surface area contributed by atoms with Crippen molar-refractivity contribution in [3.63, 3.8) is 0 Å². The molecule has 2 aliphatic carbocycles. The Morgan fingerprint density at radius 2 is 1.83 bits per heavy atom. The summed E-state index contributed by atoms with van der Waals surface area (Å²) in [6, 6.07) is 11.2. The Hall–Kier alpha value is -3.17. The van der Waals surface area contributed by atoms with Crippen LogP contribution in [-0.4, -0.2) is 37.8 Å². The molecule has 3 aromatic rings. The zero-order chi connectivity index (χ0) is 29.5. The normalized spacial score (nSPS) is 15.3. The number of fused-ring (bicyclic) bond motifs is 1. The summed E-state index contributed by atoms with van der Waals surface area (Å²) in [6.07, 6.45) is 11.7. The number of aliphatic imine (C=N–C) groups is 1. The van der Waals surface area contributed by atoms with Crippen molar-refractivity contribution in [1.82, 2.24) is 5.32 Å². The van der Waals surface area contributed by atoms with Crippen molar-refractivity contribution in [3.05, 3.63) is 73.6 Å². The van der Waals surface area contributed by atoms with Gasteiger partial charge in [0.15, 0.2) is 11.5 Å². The van der Waals surface area contributed by atoms with Crippen LogP contribution in [0.15, 0.2) is 45.9 Å². The van der Waals surface area contributed by atoms with Gasteiger partial charge >= 0.3 is 5.97 Å². The Kier molecular flexibility index (Phi) is 10.3. The van der Waals surface area contributed by atoms with Crippen LogP contribution in [-0.2, 0) is 24.2 Å². The number of hydrogen-bond donors (Lipinski definition) is 1. The molecule has 0 atom stereocenters. The summed E-state index contributed by atoms with van der Waals surface area (Å²) in [5.41, 5.74) is 4.18. The number of aryl methyl sites for hydroxylation is 1. The molecule has 0 aliphatic heterocycles. The van der Waals surface area contributed by atoms with Gasteiger partial charge in [-0.05, 0) is 102 Å². The van der Waals surface area contributed by atoms with Gasteiger partial charge in [0.05, 0.1) is 29.3 Å². The van der Waals surface area contributed by atoms with Crippen LogP contribution in [0.1, 0.15) is 94.2 Å². The highest BCUT2D eigenvalue weighted by atomic mass is 79.9. The van der Waals surface area contributed by atoms with Gasteiger partial charge in [0, 0.05) is 17.1 Å².